The lowest BCUT2D eigenvalue weighted by Gasteiger charge is -2.31. The van der Waals surface area contributed by atoms with Crippen molar-refractivity contribution in [1.29, 1.82) is 0 Å². The van der Waals surface area contributed by atoms with Crippen molar-refractivity contribution in [2.45, 2.75) is 44.9 Å². The summed E-state index contributed by atoms with van der Waals surface area (Å²) in [5.41, 5.74) is 2.55. The molecule has 0 spiro atoms. The van der Waals surface area contributed by atoms with Crippen LogP contribution in [-0.4, -0.2) is 23.1 Å². The maximum Gasteiger partial charge on any atom is 0.224 e. The highest BCUT2D eigenvalue weighted by atomic mass is 35.5. The Morgan fingerprint density at radius 1 is 0.882 bits per heavy atom. The summed E-state index contributed by atoms with van der Waals surface area (Å²) in [6.45, 7) is 2.25. The van der Waals surface area contributed by atoms with Gasteiger partial charge >= 0.3 is 0 Å². The van der Waals surface area contributed by atoms with Gasteiger partial charge < -0.3 is 4.90 Å². The van der Waals surface area contributed by atoms with Crippen molar-refractivity contribution in [3.63, 3.8) is 0 Å². The van der Waals surface area contributed by atoms with Gasteiger partial charge in [0.25, 0.3) is 0 Å². The second-order valence-corrected chi connectivity index (χ2v) is 5.33. The van der Waals surface area contributed by atoms with E-state index in [2.05, 4.69) is 14.9 Å². The number of aryl methyl sites for hydroxylation is 1. The number of piperidine rings is 1. The van der Waals surface area contributed by atoms with Crippen LogP contribution in [0.3, 0.4) is 0 Å². The third-order valence-electron chi connectivity index (χ3n) is 3.79. The van der Waals surface area contributed by atoms with Gasteiger partial charge in [-0.2, -0.15) is 0 Å². The normalized spacial score (nSPS) is 20.2. The fraction of sp³-hybridized carbons (Fsp3) is 0.692. The quantitative estimate of drug-likeness (QED) is 0.719. The first-order valence-electron chi connectivity index (χ1n) is 6.65. The van der Waals surface area contributed by atoms with Gasteiger partial charge in [-0.05, 0) is 56.5 Å². The van der Waals surface area contributed by atoms with Crippen LogP contribution in [-0.2, 0) is 12.8 Å². The Balaban J connectivity index is 1.98. The summed E-state index contributed by atoms with van der Waals surface area (Å²) < 4.78 is 0. The highest BCUT2D eigenvalue weighted by Gasteiger charge is 2.22. The Morgan fingerprint density at radius 3 is 2.47 bits per heavy atom. The average molecular weight is 252 g/mol. The largest absolute Gasteiger partial charge is 0.356 e. The van der Waals surface area contributed by atoms with Crippen LogP contribution in [0.4, 0.5) is 5.82 Å². The predicted molar refractivity (Wildman–Crippen MR) is 69.7 cm³/mol. The van der Waals surface area contributed by atoms with E-state index in [1.165, 1.54) is 43.4 Å². The highest BCUT2D eigenvalue weighted by Crippen LogP contribution is 2.30. The van der Waals surface area contributed by atoms with E-state index >= 15 is 0 Å². The first-order chi connectivity index (χ1) is 8.34. The standard InChI is InChI=1S/C13H18ClN3/c14-13-15-11-7-3-2-6-10(11)12(16-13)17-8-4-1-5-9-17/h1-9H2. The molecule has 0 amide bonds. The van der Waals surface area contributed by atoms with Crippen LogP contribution in [0.15, 0.2) is 0 Å². The van der Waals surface area contributed by atoms with Crippen molar-refractivity contribution in [2.75, 3.05) is 18.0 Å². The summed E-state index contributed by atoms with van der Waals surface area (Å²) in [6.07, 6.45) is 8.58. The van der Waals surface area contributed by atoms with E-state index in [0.717, 1.165) is 31.7 Å². The number of aromatic nitrogens is 2. The number of hydrogen-bond donors (Lipinski definition) is 0. The van der Waals surface area contributed by atoms with Gasteiger partial charge in [-0.25, -0.2) is 9.97 Å². The van der Waals surface area contributed by atoms with Crippen molar-refractivity contribution >= 4 is 17.4 Å². The maximum absolute atomic E-state index is 6.05. The molecule has 0 saturated carbocycles. The molecule has 0 N–H and O–H groups in total. The average Bonchev–Trinajstić information content (AvgIpc) is 2.39. The predicted octanol–water partition coefficient (Wildman–Crippen LogP) is 3.00. The topological polar surface area (TPSA) is 29.0 Å². The van der Waals surface area contributed by atoms with Crippen LogP contribution < -0.4 is 4.90 Å². The molecule has 2 heterocycles. The molecule has 0 bridgehead atoms. The lowest BCUT2D eigenvalue weighted by molar-refractivity contribution is 0.565. The second-order valence-electron chi connectivity index (χ2n) is 5.00. The van der Waals surface area contributed by atoms with Gasteiger partial charge in [0.05, 0.1) is 5.69 Å². The van der Waals surface area contributed by atoms with E-state index < -0.39 is 0 Å². The van der Waals surface area contributed by atoms with Gasteiger partial charge in [0.1, 0.15) is 5.82 Å². The highest BCUT2D eigenvalue weighted by molar-refractivity contribution is 6.28. The fourth-order valence-electron chi connectivity index (χ4n) is 2.91. The molecule has 0 atom stereocenters. The molecular formula is C13H18ClN3. The molecule has 1 aliphatic heterocycles. The molecule has 2 aliphatic rings. The number of nitrogens with zero attached hydrogens (tertiary/aromatic N) is 3. The minimum Gasteiger partial charge on any atom is -0.356 e. The molecule has 1 saturated heterocycles. The molecule has 1 fully saturated rings. The molecule has 3 nitrogen and oxygen atoms in total. The molecule has 17 heavy (non-hydrogen) atoms. The fourth-order valence-corrected chi connectivity index (χ4v) is 3.09. The smallest absolute Gasteiger partial charge is 0.224 e. The van der Waals surface area contributed by atoms with Crippen LogP contribution in [0.5, 0.6) is 0 Å². The lowest BCUT2D eigenvalue weighted by atomic mass is 9.96. The summed E-state index contributed by atoms with van der Waals surface area (Å²) in [4.78, 5) is 11.3. The summed E-state index contributed by atoms with van der Waals surface area (Å²) in [5.74, 6) is 1.12. The van der Waals surface area contributed by atoms with E-state index in [9.17, 15) is 0 Å². The van der Waals surface area contributed by atoms with Gasteiger partial charge in [0, 0.05) is 18.7 Å². The summed E-state index contributed by atoms with van der Waals surface area (Å²) in [5, 5.41) is 0.422. The van der Waals surface area contributed by atoms with Crippen LogP contribution in [0, 0.1) is 0 Å². The Morgan fingerprint density at radius 2 is 1.65 bits per heavy atom. The van der Waals surface area contributed by atoms with Crippen molar-refractivity contribution in [3.05, 3.63) is 16.5 Å². The molecule has 1 aromatic heterocycles. The molecule has 0 radical (unpaired) electrons. The molecule has 1 aromatic rings. The lowest BCUT2D eigenvalue weighted by Crippen LogP contribution is -2.32. The summed E-state index contributed by atoms with van der Waals surface area (Å²) in [6, 6.07) is 0. The SMILES string of the molecule is Clc1nc2c(c(N3CCCCC3)n1)CCCC2. The van der Waals surface area contributed by atoms with Crippen molar-refractivity contribution in [2.24, 2.45) is 0 Å². The van der Waals surface area contributed by atoms with E-state index in [4.69, 9.17) is 11.6 Å². The Labute approximate surface area is 107 Å². The van der Waals surface area contributed by atoms with Gasteiger partial charge in [-0.1, -0.05) is 0 Å². The van der Waals surface area contributed by atoms with E-state index in [1.807, 2.05) is 0 Å². The first kappa shape index (κ1) is 11.3. The number of halogens is 1. The third-order valence-corrected chi connectivity index (χ3v) is 3.96. The zero-order valence-electron chi connectivity index (χ0n) is 10.1. The first-order valence-corrected chi connectivity index (χ1v) is 7.02. The van der Waals surface area contributed by atoms with Crippen molar-refractivity contribution in [3.8, 4) is 0 Å². The zero-order valence-corrected chi connectivity index (χ0v) is 10.8. The maximum atomic E-state index is 6.05. The van der Waals surface area contributed by atoms with Crippen LogP contribution in [0.1, 0.15) is 43.4 Å². The third kappa shape index (κ3) is 2.25. The van der Waals surface area contributed by atoms with Gasteiger partial charge in [0.2, 0.25) is 5.28 Å². The minimum atomic E-state index is 0.422. The molecule has 1 aliphatic carbocycles. The summed E-state index contributed by atoms with van der Waals surface area (Å²) >= 11 is 6.05. The zero-order chi connectivity index (χ0) is 11.7. The molecule has 3 rings (SSSR count). The van der Waals surface area contributed by atoms with Crippen LogP contribution in [0.2, 0.25) is 5.28 Å². The molecule has 92 valence electrons. The van der Waals surface area contributed by atoms with Gasteiger partial charge in [-0.3, -0.25) is 0 Å². The van der Waals surface area contributed by atoms with Gasteiger partial charge in [-0.15, -0.1) is 0 Å². The Hall–Kier alpha value is -0.830. The second kappa shape index (κ2) is 4.81. The van der Waals surface area contributed by atoms with Crippen molar-refractivity contribution in [1.82, 2.24) is 9.97 Å². The molecular weight excluding hydrogens is 234 g/mol. The minimum absolute atomic E-state index is 0.422. The molecule has 0 aromatic carbocycles. The Bertz CT molecular complexity index is 413. The van der Waals surface area contributed by atoms with Crippen LogP contribution in [0.25, 0.3) is 0 Å². The van der Waals surface area contributed by atoms with Crippen molar-refractivity contribution < 1.29 is 0 Å². The number of rotatable bonds is 1. The van der Waals surface area contributed by atoms with E-state index in [-0.39, 0.29) is 0 Å². The number of anilines is 1. The summed E-state index contributed by atoms with van der Waals surface area (Å²) in [7, 11) is 0. The van der Waals surface area contributed by atoms with E-state index in [1.54, 1.807) is 0 Å². The van der Waals surface area contributed by atoms with Crippen LogP contribution >= 0.6 is 11.6 Å². The molecule has 4 heteroatoms. The Kier molecular flexibility index (Phi) is 3.19. The number of fused-ring (bicyclic) bond motifs is 1. The monoisotopic (exact) mass is 251 g/mol. The van der Waals surface area contributed by atoms with Gasteiger partial charge in [0.15, 0.2) is 0 Å². The molecule has 0 unspecified atom stereocenters. The number of hydrogen-bond acceptors (Lipinski definition) is 3. The van der Waals surface area contributed by atoms with E-state index in [0.29, 0.717) is 5.28 Å².